The van der Waals surface area contributed by atoms with Crippen LogP contribution in [0.3, 0.4) is 0 Å². The van der Waals surface area contributed by atoms with E-state index in [1.54, 1.807) is 7.11 Å². The maximum absolute atomic E-state index is 5.45. The molecule has 0 aliphatic heterocycles. The highest BCUT2D eigenvalue weighted by atomic mass is 16.5. The van der Waals surface area contributed by atoms with E-state index < -0.39 is 0 Å². The van der Waals surface area contributed by atoms with Gasteiger partial charge in [-0.3, -0.25) is 0 Å². The number of hydrogen-bond donors (Lipinski definition) is 1. The van der Waals surface area contributed by atoms with Crippen molar-refractivity contribution < 1.29 is 4.74 Å². The lowest BCUT2D eigenvalue weighted by molar-refractivity contribution is 0.330. The fraction of sp³-hybridized carbons (Fsp3) is 0.500. The fourth-order valence-electron chi connectivity index (χ4n) is 3.38. The molecule has 0 bridgehead atoms. The van der Waals surface area contributed by atoms with Gasteiger partial charge in [0.25, 0.3) is 0 Å². The second kappa shape index (κ2) is 6.33. The van der Waals surface area contributed by atoms with Crippen LogP contribution < -0.4 is 10.1 Å². The number of pyridine rings is 1. The molecule has 1 fully saturated rings. The molecule has 1 heterocycles. The molecular formula is C18H24N2O. The zero-order valence-corrected chi connectivity index (χ0v) is 12.9. The van der Waals surface area contributed by atoms with Gasteiger partial charge in [0, 0.05) is 23.0 Å². The highest BCUT2D eigenvalue weighted by Gasteiger charge is 2.20. The minimum atomic E-state index is 0.553. The molecule has 0 amide bonds. The monoisotopic (exact) mass is 284 g/mol. The average Bonchev–Trinajstić information content (AvgIpc) is 2.55. The third kappa shape index (κ3) is 2.97. The summed E-state index contributed by atoms with van der Waals surface area (Å²) in [7, 11) is 1.72. The lowest BCUT2D eigenvalue weighted by Crippen LogP contribution is -2.26. The molecule has 1 aliphatic carbocycles. The summed E-state index contributed by atoms with van der Waals surface area (Å²) < 4.78 is 5.45. The van der Waals surface area contributed by atoms with Crippen molar-refractivity contribution in [2.75, 3.05) is 12.4 Å². The van der Waals surface area contributed by atoms with Gasteiger partial charge in [-0.25, -0.2) is 4.98 Å². The Labute approximate surface area is 126 Å². The molecule has 0 radical (unpaired) electrons. The molecular weight excluding hydrogens is 260 g/mol. The molecule has 1 aliphatic rings. The van der Waals surface area contributed by atoms with Crippen LogP contribution in [0.5, 0.6) is 5.75 Å². The van der Waals surface area contributed by atoms with Crippen LogP contribution in [0.1, 0.15) is 39.0 Å². The van der Waals surface area contributed by atoms with Crippen molar-refractivity contribution in [1.29, 1.82) is 0 Å². The summed E-state index contributed by atoms with van der Waals surface area (Å²) in [5.41, 5.74) is 0. The number of fused-ring (bicyclic) bond motifs is 1. The van der Waals surface area contributed by atoms with E-state index in [9.17, 15) is 0 Å². The molecule has 0 atom stereocenters. The summed E-state index contributed by atoms with van der Waals surface area (Å²) in [6, 6.07) is 8.72. The van der Waals surface area contributed by atoms with Gasteiger partial charge in [0.15, 0.2) is 0 Å². The van der Waals surface area contributed by atoms with Gasteiger partial charge in [-0.2, -0.15) is 0 Å². The normalized spacial score (nSPS) is 22.2. The smallest absolute Gasteiger partial charge is 0.134 e. The number of benzene rings is 1. The molecule has 0 spiro atoms. The Bertz CT molecular complexity index is 603. The first-order valence-electron chi connectivity index (χ1n) is 8.00. The molecule has 3 heteroatoms. The van der Waals surface area contributed by atoms with Crippen LogP contribution in [0.15, 0.2) is 30.5 Å². The zero-order valence-electron chi connectivity index (χ0n) is 12.9. The van der Waals surface area contributed by atoms with Crippen molar-refractivity contribution in [2.24, 2.45) is 5.92 Å². The van der Waals surface area contributed by atoms with E-state index in [-0.39, 0.29) is 0 Å². The summed E-state index contributed by atoms with van der Waals surface area (Å²) in [6.07, 6.45) is 8.35. The van der Waals surface area contributed by atoms with Gasteiger partial charge in [-0.15, -0.1) is 0 Å². The van der Waals surface area contributed by atoms with Crippen LogP contribution in [0, 0.1) is 5.92 Å². The van der Waals surface area contributed by atoms with Crippen molar-refractivity contribution >= 4 is 16.6 Å². The molecule has 0 saturated heterocycles. The molecule has 1 aromatic carbocycles. The van der Waals surface area contributed by atoms with Crippen LogP contribution in [-0.4, -0.2) is 18.1 Å². The molecule has 1 N–H and O–H groups in total. The van der Waals surface area contributed by atoms with E-state index >= 15 is 0 Å². The second-order valence-electron chi connectivity index (χ2n) is 5.99. The molecule has 1 aromatic heterocycles. The lowest BCUT2D eigenvalue weighted by Gasteiger charge is -2.29. The maximum Gasteiger partial charge on any atom is 0.134 e. The summed E-state index contributed by atoms with van der Waals surface area (Å²) in [4.78, 5) is 4.55. The van der Waals surface area contributed by atoms with Crippen molar-refractivity contribution in [3.8, 4) is 5.75 Å². The number of anilines is 1. The first-order chi connectivity index (χ1) is 10.3. The number of hydrogen-bond acceptors (Lipinski definition) is 3. The molecule has 112 valence electrons. The molecule has 3 rings (SSSR count). The predicted molar refractivity (Wildman–Crippen MR) is 88.0 cm³/mol. The largest absolute Gasteiger partial charge is 0.496 e. The maximum atomic E-state index is 5.45. The number of aromatic nitrogens is 1. The van der Waals surface area contributed by atoms with Gasteiger partial charge in [-0.05, 0) is 43.7 Å². The molecule has 1 saturated carbocycles. The number of nitrogens with one attached hydrogen (secondary N) is 1. The van der Waals surface area contributed by atoms with Gasteiger partial charge in [0.1, 0.15) is 11.6 Å². The van der Waals surface area contributed by atoms with Crippen molar-refractivity contribution in [2.45, 2.75) is 45.1 Å². The third-order valence-electron chi connectivity index (χ3n) is 4.75. The Morgan fingerprint density at radius 2 is 1.95 bits per heavy atom. The Kier molecular flexibility index (Phi) is 4.28. The Morgan fingerprint density at radius 1 is 1.14 bits per heavy atom. The number of methoxy groups -OCH3 is 1. The van der Waals surface area contributed by atoms with Crippen molar-refractivity contribution in [3.05, 3.63) is 30.5 Å². The van der Waals surface area contributed by atoms with E-state index in [1.165, 1.54) is 32.1 Å². The topological polar surface area (TPSA) is 34.2 Å². The number of nitrogens with zero attached hydrogens (tertiary/aromatic N) is 1. The minimum Gasteiger partial charge on any atom is -0.496 e. The predicted octanol–water partition coefficient (Wildman–Crippen LogP) is 4.62. The highest BCUT2D eigenvalue weighted by Crippen LogP contribution is 2.32. The van der Waals surface area contributed by atoms with Crippen LogP contribution in [0.25, 0.3) is 10.8 Å². The number of ether oxygens (including phenoxy) is 1. The van der Waals surface area contributed by atoms with E-state index in [4.69, 9.17) is 4.74 Å². The van der Waals surface area contributed by atoms with Gasteiger partial charge in [0.2, 0.25) is 0 Å². The zero-order chi connectivity index (χ0) is 14.7. The van der Waals surface area contributed by atoms with Gasteiger partial charge >= 0.3 is 0 Å². The quantitative estimate of drug-likeness (QED) is 0.889. The summed E-state index contributed by atoms with van der Waals surface area (Å²) in [5.74, 6) is 2.82. The Balaban J connectivity index is 1.81. The fourth-order valence-corrected chi connectivity index (χ4v) is 3.38. The van der Waals surface area contributed by atoms with E-state index in [0.717, 1.165) is 28.3 Å². The molecule has 0 unspecified atom stereocenters. The summed E-state index contributed by atoms with van der Waals surface area (Å²) in [6.45, 7) is 2.30. The summed E-state index contributed by atoms with van der Waals surface area (Å²) >= 11 is 0. The Morgan fingerprint density at radius 3 is 2.67 bits per heavy atom. The van der Waals surface area contributed by atoms with Crippen molar-refractivity contribution in [1.82, 2.24) is 4.98 Å². The Hall–Kier alpha value is -1.77. The van der Waals surface area contributed by atoms with Crippen LogP contribution in [-0.2, 0) is 0 Å². The number of rotatable bonds is 4. The molecule has 3 nitrogen and oxygen atoms in total. The molecule has 21 heavy (non-hydrogen) atoms. The van der Waals surface area contributed by atoms with Crippen molar-refractivity contribution in [3.63, 3.8) is 0 Å². The highest BCUT2D eigenvalue weighted by molar-refractivity contribution is 5.95. The average molecular weight is 284 g/mol. The van der Waals surface area contributed by atoms with Gasteiger partial charge in [0.05, 0.1) is 7.11 Å². The SMILES string of the molecule is CCC1CCC(Nc2nccc3c(OC)cccc23)CC1. The lowest BCUT2D eigenvalue weighted by atomic mass is 9.84. The standard InChI is InChI=1S/C18H24N2O/c1-3-13-7-9-14(10-8-13)20-18-16-5-4-6-17(21-2)15(16)11-12-19-18/h4-6,11-14H,3,7-10H2,1-2H3,(H,19,20). The van der Waals surface area contributed by atoms with E-state index in [1.807, 2.05) is 24.4 Å². The van der Waals surface area contributed by atoms with Crippen LogP contribution in [0.4, 0.5) is 5.82 Å². The minimum absolute atomic E-state index is 0.553. The third-order valence-corrected chi connectivity index (χ3v) is 4.75. The second-order valence-corrected chi connectivity index (χ2v) is 5.99. The van der Waals surface area contributed by atoms with Gasteiger partial charge in [-0.1, -0.05) is 25.5 Å². The van der Waals surface area contributed by atoms with Crippen LogP contribution >= 0.6 is 0 Å². The first kappa shape index (κ1) is 14.2. The first-order valence-corrected chi connectivity index (χ1v) is 8.00. The van der Waals surface area contributed by atoms with E-state index in [2.05, 4.69) is 23.3 Å². The van der Waals surface area contributed by atoms with Crippen LogP contribution in [0.2, 0.25) is 0 Å². The summed E-state index contributed by atoms with van der Waals surface area (Å²) in [5, 5.41) is 5.93. The van der Waals surface area contributed by atoms with E-state index in [0.29, 0.717) is 6.04 Å². The molecule has 2 aromatic rings. The van der Waals surface area contributed by atoms with Gasteiger partial charge < -0.3 is 10.1 Å².